The third kappa shape index (κ3) is 4.16. The first-order valence-corrected chi connectivity index (χ1v) is 8.07. The molecule has 0 aliphatic rings. The number of halogens is 2. The standard InChI is InChI=1S/C16H17Br2NO/c1-11(16(20)12-5-3-2-4-6-12)19-10-13-9-14(17)7-8-15(13)18/h2-9,11,16,19-20H,10H2,1H3/t11-,16-/m1/s1. The van der Waals surface area contributed by atoms with Crippen LogP contribution in [0.15, 0.2) is 57.5 Å². The largest absolute Gasteiger partial charge is 0.387 e. The maximum absolute atomic E-state index is 10.3. The number of hydrogen-bond acceptors (Lipinski definition) is 2. The highest BCUT2D eigenvalue weighted by Crippen LogP contribution is 2.22. The molecule has 0 bridgehead atoms. The van der Waals surface area contributed by atoms with Gasteiger partial charge in [-0.15, -0.1) is 0 Å². The molecule has 4 heteroatoms. The Kier molecular flexibility index (Phi) is 5.78. The number of rotatable bonds is 5. The predicted octanol–water partition coefficient (Wildman–Crippen LogP) is 4.42. The highest BCUT2D eigenvalue weighted by molar-refractivity contribution is 9.11. The molecule has 0 amide bonds. The highest BCUT2D eigenvalue weighted by Gasteiger charge is 2.15. The van der Waals surface area contributed by atoms with Crippen LogP contribution in [-0.2, 0) is 6.54 Å². The number of aliphatic hydroxyl groups is 1. The molecule has 0 saturated carbocycles. The van der Waals surface area contributed by atoms with Crippen molar-refractivity contribution in [2.24, 2.45) is 0 Å². The molecule has 0 aliphatic heterocycles. The van der Waals surface area contributed by atoms with Crippen molar-refractivity contribution in [1.82, 2.24) is 5.32 Å². The molecule has 2 rings (SSSR count). The second kappa shape index (κ2) is 7.36. The van der Waals surface area contributed by atoms with Crippen molar-refractivity contribution >= 4 is 31.9 Å². The Morgan fingerprint density at radius 2 is 1.80 bits per heavy atom. The van der Waals surface area contributed by atoms with Gasteiger partial charge in [-0.2, -0.15) is 0 Å². The monoisotopic (exact) mass is 397 g/mol. The summed E-state index contributed by atoms with van der Waals surface area (Å²) in [5.41, 5.74) is 2.09. The Bertz CT molecular complexity index is 560. The second-order valence-corrected chi connectivity index (χ2v) is 6.53. The van der Waals surface area contributed by atoms with Crippen molar-refractivity contribution in [1.29, 1.82) is 0 Å². The van der Waals surface area contributed by atoms with Gasteiger partial charge in [0, 0.05) is 21.5 Å². The Balaban J connectivity index is 1.98. The molecule has 2 aromatic carbocycles. The number of nitrogens with one attached hydrogen (secondary N) is 1. The Labute approximate surface area is 136 Å². The summed E-state index contributed by atoms with van der Waals surface area (Å²) in [5.74, 6) is 0. The first kappa shape index (κ1) is 15.7. The zero-order chi connectivity index (χ0) is 14.5. The highest BCUT2D eigenvalue weighted by atomic mass is 79.9. The third-order valence-corrected chi connectivity index (χ3v) is 4.50. The molecule has 2 atom stereocenters. The third-order valence-electron chi connectivity index (χ3n) is 3.24. The molecule has 20 heavy (non-hydrogen) atoms. The van der Waals surface area contributed by atoms with Gasteiger partial charge >= 0.3 is 0 Å². The number of hydrogen-bond donors (Lipinski definition) is 2. The normalized spacial score (nSPS) is 14.0. The summed E-state index contributed by atoms with van der Waals surface area (Å²) in [6.07, 6.45) is -0.512. The van der Waals surface area contributed by atoms with Crippen LogP contribution in [0.4, 0.5) is 0 Å². The molecule has 0 heterocycles. The van der Waals surface area contributed by atoms with Crippen molar-refractivity contribution in [3.8, 4) is 0 Å². The van der Waals surface area contributed by atoms with Gasteiger partial charge in [0.25, 0.3) is 0 Å². The zero-order valence-electron chi connectivity index (χ0n) is 11.2. The minimum absolute atomic E-state index is 0.0247. The second-order valence-electron chi connectivity index (χ2n) is 4.76. The maximum atomic E-state index is 10.3. The summed E-state index contributed by atoms with van der Waals surface area (Å²) < 4.78 is 2.11. The summed E-state index contributed by atoms with van der Waals surface area (Å²) in [6, 6.07) is 15.8. The van der Waals surface area contributed by atoms with Gasteiger partial charge in [0.2, 0.25) is 0 Å². The molecule has 106 valence electrons. The van der Waals surface area contributed by atoms with Crippen LogP contribution in [-0.4, -0.2) is 11.1 Å². The summed E-state index contributed by atoms with van der Waals surface area (Å²) in [6.45, 7) is 2.69. The van der Waals surface area contributed by atoms with E-state index in [0.29, 0.717) is 6.54 Å². The van der Waals surface area contributed by atoms with Crippen LogP contribution in [0, 0.1) is 0 Å². The fourth-order valence-electron chi connectivity index (χ4n) is 2.00. The minimum atomic E-state index is -0.512. The van der Waals surface area contributed by atoms with Crippen molar-refractivity contribution in [2.75, 3.05) is 0 Å². The quantitative estimate of drug-likeness (QED) is 0.781. The molecule has 0 radical (unpaired) electrons. The average molecular weight is 399 g/mol. The lowest BCUT2D eigenvalue weighted by Crippen LogP contribution is -2.31. The van der Waals surface area contributed by atoms with Crippen LogP contribution >= 0.6 is 31.9 Å². The summed E-state index contributed by atoms with van der Waals surface area (Å²) in [4.78, 5) is 0. The van der Waals surface area contributed by atoms with Gasteiger partial charge in [0.1, 0.15) is 0 Å². The summed E-state index contributed by atoms with van der Waals surface area (Å²) >= 11 is 7.01. The zero-order valence-corrected chi connectivity index (χ0v) is 14.4. The predicted molar refractivity (Wildman–Crippen MR) is 89.5 cm³/mol. The molecule has 0 aromatic heterocycles. The van der Waals surface area contributed by atoms with E-state index in [1.165, 1.54) is 0 Å². The average Bonchev–Trinajstić information content (AvgIpc) is 2.48. The maximum Gasteiger partial charge on any atom is 0.0940 e. The molecule has 0 aliphatic carbocycles. The van der Waals surface area contributed by atoms with Crippen molar-refractivity contribution < 1.29 is 5.11 Å². The van der Waals surface area contributed by atoms with Gasteiger partial charge in [-0.25, -0.2) is 0 Å². The Hall–Kier alpha value is -0.680. The lowest BCUT2D eigenvalue weighted by Gasteiger charge is -2.21. The molecule has 2 aromatic rings. The smallest absolute Gasteiger partial charge is 0.0940 e. The van der Waals surface area contributed by atoms with Crippen LogP contribution in [0.25, 0.3) is 0 Å². The molecule has 0 saturated heterocycles. The van der Waals surface area contributed by atoms with Crippen molar-refractivity contribution in [3.63, 3.8) is 0 Å². The topological polar surface area (TPSA) is 32.3 Å². The van der Waals surface area contributed by atoms with Crippen LogP contribution in [0.3, 0.4) is 0 Å². The van der Waals surface area contributed by atoms with Gasteiger partial charge in [0.15, 0.2) is 0 Å². The van der Waals surface area contributed by atoms with E-state index in [0.717, 1.165) is 20.1 Å². The van der Waals surface area contributed by atoms with E-state index in [1.807, 2.05) is 49.4 Å². The van der Waals surface area contributed by atoms with Gasteiger partial charge in [-0.3, -0.25) is 0 Å². The van der Waals surface area contributed by atoms with Gasteiger partial charge in [-0.1, -0.05) is 62.2 Å². The van der Waals surface area contributed by atoms with Crippen LogP contribution < -0.4 is 5.32 Å². The Morgan fingerprint density at radius 1 is 1.10 bits per heavy atom. The minimum Gasteiger partial charge on any atom is -0.387 e. The van der Waals surface area contributed by atoms with Gasteiger partial charge < -0.3 is 10.4 Å². The first-order valence-electron chi connectivity index (χ1n) is 6.48. The first-order chi connectivity index (χ1) is 9.58. The number of benzene rings is 2. The fraction of sp³-hybridized carbons (Fsp3) is 0.250. The van der Waals surface area contributed by atoms with Crippen LogP contribution in [0.2, 0.25) is 0 Å². The van der Waals surface area contributed by atoms with Gasteiger partial charge in [-0.05, 0) is 36.2 Å². The number of aliphatic hydroxyl groups excluding tert-OH is 1. The molecular formula is C16H17Br2NO. The summed E-state index contributed by atoms with van der Waals surface area (Å²) in [5, 5.41) is 13.7. The van der Waals surface area contributed by atoms with Crippen LogP contribution in [0.5, 0.6) is 0 Å². The van der Waals surface area contributed by atoms with Crippen LogP contribution in [0.1, 0.15) is 24.2 Å². The van der Waals surface area contributed by atoms with E-state index in [4.69, 9.17) is 0 Å². The fourth-order valence-corrected chi connectivity index (χ4v) is 2.80. The van der Waals surface area contributed by atoms with E-state index < -0.39 is 6.10 Å². The van der Waals surface area contributed by atoms with E-state index in [1.54, 1.807) is 0 Å². The lowest BCUT2D eigenvalue weighted by molar-refractivity contribution is 0.135. The van der Waals surface area contributed by atoms with Crippen molar-refractivity contribution in [3.05, 3.63) is 68.6 Å². The van der Waals surface area contributed by atoms with E-state index in [9.17, 15) is 5.11 Å². The van der Waals surface area contributed by atoms with E-state index >= 15 is 0 Å². The molecule has 0 unspecified atom stereocenters. The Morgan fingerprint density at radius 3 is 2.50 bits per heavy atom. The SMILES string of the molecule is C[C@@H](NCc1cc(Br)ccc1Br)[C@@H](O)c1ccccc1. The molecule has 0 fully saturated rings. The van der Waals surface area contributed by atoms with Gasteiger partial charge in [0.05, 0.1) is 6.10 Å². The summed E-state index contributed by atoms with van der Waals surface area (Å²) in [7, 11) is 0. The lowest BCUT2D eigenvalue weighted by atomic mass is 10.0. The molecule has 2 N–H and O–H groups in total. The molecular weight excluding hydrogens is 382 g/mol. The van der Waals surface area contributed by atoms with E-state index in [2.05, 4.69) is 43.2 Å². The van der Waals surface area contributed by atoms with E-state index in [-0.39, 0.29) is 6.04 Å². The van der Waals surface area contributed by atoms with Crippen molar-refractivity contribution in [2.45, 2.75) is 25.6 Å². The molecule has 0 spiro atoms. The molecule has 2 nitrogen and oxygen atoms in total.